The summed E-state index contributed by atoms with van der Waals surface area (Å²) in [7, 11) is 0. The lowest BCUT2D eigenvalue weighted by atomic mass is 9.84. The van der Waals surface area contributed by atoms with Gasteiger partial charge in [-0.2, -0.15) is 0 Å². The lowest BCUT2D eigenvalue weighted by Crippen LogP contribution is -2.36. The minimum atomic E-state index is -0.424. The van der Waals surface area contributed by atoms with Gasteiger partial charge in [-0.1, -0.05) is 0 Å². The van der Waals surface area contributed by atoms with Crippen LogP contribution in [0.5, 0.6) is 0 Å². The predicted octanol–water partition coefficient (Wildman–Crippen LogP) is 1.08. The van der Waals surface area contributed by atoms with Gasteiger partial charge in [0.2, 0.25) is 0 Å². The van der Waals surface area contributed by atoms with Gasteiger partial charge in [-0.25, -0.2) is 0 Å². The highest BCUT2D eigenvalue weighted by atomic mass is 16.6. The zero-order valence-electron chi connectivity index (χ0n) is 9.84. The first-order chi connectivity index (χ1) is 6.87. The molecule has 0 aliphatic carbocycles. The van der Waals surface area contributed by atoms with Crippen molar-refractivity contribution < 1.29 is 14.3 Å². The summed E-state index contributed by atoms with van der Waals surface area (Å²) < 4.78 is 10.6. The maximum atomic E-state index is 11.6. The van der Waals surface area contributed by atoms with E-state index in [1.807, 2.05) is 20.8 Å². The molecule has 0 aromatic heterocycles. The predicted molar refractivity (Wildman–Crippen MR) is 57.4 cm³/mol. The van der Waals surface area contributed by atoms with E-state index in [9.17, 15) is 4.79 Å². The van der Waals surface area contributed by atoms with Crippen molar-refractivity contribution in [1.29, 1.82) is 0 Å². The van der Waals surface area contributed by atoms with Crippen LogP contribution in [0.3, 0.4) is 0 Å². The monoisotopic (exact) mass is 215 g/mol. The molecule has 0 saturated carbocycles. The highest BCUT2D eigenvalue weighted by molar-refractivity contribution is 5.70. The maximum Gasteiger partial charge on any atom is 0.307 e. The van der Waals surface area contributed by atoms with Gasteiger partial charge in [-0.3, -0.25) is 4.79 Å². The highest BCUT2D eigenvalue weighted by Crippen LogP contribution is 2.32. The third-order valence-corrected chi connectivity index (χ3v) is 2.56. The summed E-state index contributed by atoms with van der Waals surface area (Å²) in [6, 6.07) is 0. The highest BCUT2D eigenvalue weighted by Gasteiger charge is 2.37. The second-order valence-corrected chi connectivity index (χ2v) is 5.27. The topological polar surface area (TPSA) is 61.5 Å². The maximum absolute atomic E-state index is 11.6. The van der Waals surface area contributed by atoms with E-state index in [4.69, 9.17) is 15.2 Å². The summed E-state index contributed by atoms with van der Waals surface area (Å²) in [5.41, 5.74) is 5.08. The van der Waals surface area contributed by atoms with E-state index >= 15 is 0 Å². The van der Waals surface area contributed by atoms with Crippen molar-refractivity contribution in [1.82, 2.24) is 0 Å². The summed E-state index contributed by atoms with van der Waals surface area (Å²) in [6.07, 6.45) is 1.21. The number of carbonyl (C=O) groups is 1. The van der Waals surface area contributed by atoms with Gasteiger partial charge in [0.25, 0.3) is 0 Å². The Kier molecular flexibility index (Phi) is 3.73. The number of carbonyl (C=O) groups excluding carboxylic acids is 1. The molecule has 0 aromatic carbocycles. The number of nitrogens with two attached hydrogens (primary N) is 1. The van der Waals surface area contributed by atoms with Crippen LogP contribution in [-0.4, -0.2) is 31.3 Å². The van der Waals surface area contributed by atoms with Gasteiger partial charge in [-0.15, -0.1) is 0 Å². The van der Waals surface area contributed by atoms with E-state index in [2.05, 4.69) is 0 Å². The first-order valence-electron chi connectivity index (χ1n) is 5.37. The van der Waals surface area contributed by atoms with Crippen molar-refractivity contribution in [2.45, 2.75) is 39.2 Å². The van der Waals surface area contributed by atoms with Gasteiger partial charge >= 0.3 is 5.97 Å². The standard InChI is InChI=1S/C11H21NO3/c1-10(2,3)15-9(13)6-11(7-12)4-5-14-8-11/h4-8,12H2,1-3H3. The van der Waals surface area contributed by atoms with Gasteiger partial charge < -0.3 is 15.2 Å². The Hall–Kier alpha value is -0.610. The van der Waals surface area contributed by atoms with E-state index < -0.39 is 5.60 Å². The van der Waals surface area contributed by atoms with E-state index in [1.165, 1.54) is 0 Å². The summed E-state index contributed by atoms with van der Waals surface area (Å²) in [6.45, 7) is 7.34. The number of rotatable bonds is 3. The molecule has 1 atom stereocenters. The lowest BCUT2D eigenvalue weighted by molar-refractivity contribution is -0.157. The smallest absolute Gasteiger partial charge is 0.307 e. The van der Waals surface area contributed by atoms with Crippen LogP contribution in [0, 0.1) is 5.41 Å². The molecule has 1 saturated heterocycles. The molecule has 0 aromatic rings. The molecule has 1 heterocycles. The Labute approximate surface area is 91.1 Å². The van der Waals surface area contributed by atoms with Crippen LogP contribution in [0.25, 0.3) is 0 Å². The average Bonchev–Trinajstić information content (AvgIpc) is 2.50. The molecule has 0 bridgehead atoms. The van der Waals surface area contributed by atoms with Crippen molar-refractivity contribution in [3.05, 3.63) is 0 Å². The molecule has 1 aliphatic heterocycles. The molecule has 1 fully saturated rings. The number of esters is 1. The molecule has 4 heteroatoms. The fourth-order valence-corrected chi connectivity index (χ4v) is 1.71. The second kappa shape index (κ2) is 4.49. The lowest BCUT2D eigenvalue weighted by Gasteiger charge is -2.27. The van der Waals surface area contributed by atoms with Crippen LogP contribution in [0.2, 0.25) is 0 Å². The average molecular weight is 215 g/mol. The molecule has 2 N–H and O–H groups in total. The van der Waals surface area contributed by atoms with Crippen molar-refractivity contribution in [2.75, 3.05) is 19.8 Å². The van der Waals surface area contributed by atoms with E-state index in [1.54, 1.807) is 0 Å². The molecule has 1 aliphatic rings. The summed E-state index contributed by atoms with van der Waals surface area (Å²) >= 11 is 0. The van der Waals surface area contributed by atoms with Gasteiger partial charge in [0.05, 0.1) is 13.0 Å². The zero-order valence-corrected chi connectivity index (χ0v) is 9.84. The molecule has 0 spiro atoms. The molecule has 0 radical (unpaired) electrons. The first-order valence-corrected chi connectivity index (χ1v) is 5.37. The Morgan fingerprint density at radius 1 is 1.53 bits per heavy atom. The third kappa shape index (κ3) is 3.80. The number of ether oxygens (including phenoxy) is 2. The van der Waals surface area contributed by atoms with Gasteiger partial charge in [0.15, 0.2) is 0 Å². The largest absolute Gasteiger partial charge is 0.460 e. The summed E-state index contributed by atoms with van der Waals surface area (Å²) in [5.74, 6) is -0.182. The van der Waals surface area contributed by atoms with Crippen molar-refractivity contribution in [3.8, 4) is 0 Å². The molecular weight excluding hydrogens is 194 g/mol. The summed E-state index contributed by atoms with van der Waals surface area (Å²) in [5, 5.41) is 0. The molecule has 1 rings (SSSR count). The molecule has 0 amide bonds. The van der Waals surface area contributed by atoms with Crippen LogP contribution in [0.4, 0.5) is 0 Å². The number of hydrogen-bond acceptors (Lipinski definition) is 4. The van der Waals surface area contributed by atoms with Crippen LogP contribution >= 0.6 is 0 Å². The minimum Gasteiger partial charge on any atom is -0.460 e. The second-order valence-electron chi connectivity index (χ2n) is 5.27. The Bertz CT molecular complexity index is 226. The first kappa shape index (κ1) is 12.5. The number of hydrogen-bond donors (Lipinski definition) is 1. The quantitative estimate of drug-likeness (QED) is 0.716. The third-order valence-electron chi connectivity index (χ3n) is 2.56. The van der Waals surface area contributed by atoms with E-state index in [0.29, 0.717) is 26.2 Å². The fourth-order valence-electron chi connectivity index (χ4n) is 1.71. The van der Waals surface area contributed by atoms with Crippen LogP contribution in [0.1, 0.15) is 33.6 Å². The van der Waals surface area contributed by atoms with Gasteiger partial charge in [0, 0.05) is 18.6 Å². The van der Waals surface area contributed by atoms with E-state index in [0.717, 1.165) is 6.42 Å². The molecular formula is C11H21NO3. The van der Waals surface area contributed by atoms with E-state index in [-0.39, 0.29) is 11.4 Å². The zero-order chi connectivity index (χ0) is 11.5. The summed E-state index contributed by atoms with van der Waals surface area (Å²) in [4.78, 5) is 11.6. The molecule has 88 valence electrons. The van der Waals surface area contributed by atoms with Crippen molar-refractivity contribution in [2.24, 2.45) is 11.1 Å². The Morgan fingerprint density at radius 2 is 2.20 bits per heavy atom. The SMILES string of the molecule is CC(C)(C)OC(=O)CC1(CN)CCOC1. The fraction of sp³-hybridized carbons (Fsp3) is 0.909. The Balaban J connectivity index is 2.49. The molecule has 1 unspecified atom stereocenters. The van der Waals surface area contributed by atoms with Crippen LogP contribution in [-0.2, 0) is 14.3 Å². The Morgan fingerprint density at radius 3 is 2.60 bits per heavy atom. The van der Waals surface area contributed by atoms with Crippen LogP contribution in [0.15, 0.2) is 0 Å². The molecule has 4 nitrogen and oxygen atoms in total. The van der Waals surface area contributed by atoms with Crippen molar-refractivity contribution in [3.63, 3.8) is 0 Å². The van der Waals surface area contributed by atoms with Gasteiger partial charge in [0.1, 0.15) is 5.60 Å². The van der Waals surface area contributed by atoms with Crippen LogP contribution < -0.4 is 5.73 Å². The van der Waals surface area contributed by atoms with Gasteiger partial charge in [-0.05, 0) is 27.2 Å². The normalized spacial score (nSPS) is 26.7. The molecule has 15 heavy (non-hydrogen) atoms. The minimum absolute atomic E-state index is 0.182. The van der Waals surface area contributed by atoms with Crippen molar-refractivity contribution >= 4 is 5.97 Å².